The van der Waals surface area contributed by atoms with E-state index < -0.39 is 0 Å². The van der Waals surface area contributed by atoms with Gasteiger partial charge in [0.15, 0.2) is 0 Å². The molecule has 0 spiro atoms. The first-order valence-corrected chi connectivity index (χ1v) is 13.0. The topological polar surface area (TPSA) is 91.9 Å². The Morgan fingerprint density at radius 1 is 0.634 bits per heavy atom. The zero-order chi connectivity index (χ0) is 27.5. The van der Waals surface area contributed by atoms with Gasteiger partial charge in [0.1, 0.15) is 23.7 Å². The first-order chi connectivity index (χ1) is 20.2. The summed E-state index contributed by atoms with van der Waals surface area (Å²) in [4.78, 5) is 9.51. The Morgan fingerprint density at radius 3 is 2.24 bits per heavy atom. The number of pyridine rings is 3. The van der Waals surface area contributed by atoms with Crippen molar-refractivity contribution < 1.29 is 4.74 Å². The Bertz CT molecular complexity index is 2420. The quantitative estimate of drug-likeness (QED) is 0.220. The van der Waals surface area contributed by atoms with Crippen molar-refractivity contribution in [2.24, 2.45) is 0 Å². The van der Waals surface area contributed by atoms with E-state index in [0.29, 0.717) is 28.6 Å². The molecule has 0 atom stereocenters. The minimum Gasteiger partial charge on any atom is -0.439 e. The van der Waals surface area contributed by atoms with Crippen molar-refractivity contribution in [2.45, 2.75) is 0 Å². The number of aromatic nitrogens is 4. The van der Waals surface area contributed by atoms with E-state index in [1.807, 2.05) is 71.4 Å². The molecule has 0 unspecified atom stereocenters. The maximum Gasteiger partial charge on any atom is 0.219 e. The molecule has 0 bridgehead atoms. The maximum atomic E-state index is 9.69. The number of benzene rings is 3. The Labute approximate surface area is 233 Å². The van der Waals surface area contributed by atoms with Crippen LogP contribution in [0, 0.1) is 22.7 Å². The van der Waals surface area contributed by atoms with E-state index in [-0.39, 0.29) is 0 Å². The second-order valence-corrected chi connectivity index (χ2v) is 9.77. The van der Waals surface area contributed by atoms with E-state index in [4.69, 9.17) is 9.72 Å². The average Bonchev–Trinajstić information content (AvgIpc) is 3.64. The molecule has 0 N–H and O–H groups in total. The molecule has 190 valence electrons. The molecule has 0 aliphatic carbocycles. The minimum absolute atomic E-state index is 0.320. The van der Waals surface area contributed by atoms with Gasteiger partial charge in [0, 0.05) is 46.1 Å². The molecule has 7 nitrogen and oxygen atoms in total. The van der Waals surface area contributed by atoms with Crippen LogP contribution in [-0.2, 0) is 0 Å². The maximum absolute atomic E-state index is 9.69. The van der Waals surface area contributed by atoms with E-state index >= 15 is 0 Å². The van der Waals surface area contributed by atoms with Crippen molar-refractivity contribution >= 4 is 49.1 Å². The van der Waals surface area contributed by atoms with E-state index in [1.165, 1.54) is 0 Å². The molecule has 0 fully saturated rings. The lowest BCUT2D eigenvalue weighted by atomic mass is 10.0. The Hall–Kier alpha value is -6.18. The van der Waals surface area contributed by atoms with Crippen LogP contribution in [0.4, 0.5) is 0 Å². The summed E-state index contributed by atoms with van der Waals surface area (Å²) in [5.74, 6) is 1.79. The molecule has 41 heavy (non-hydrogen) atoms. The number of hydrogen-bond acceptors (Lipinski definition) is 5. The second-order valence-electron chi connectivity index (χ2n) is 9.77. The molecule has 3 aromatic carbocycles. The molecule has 8 rings (SSSR count). The van der Waals surface area contributed by atoms with Crippen molar-refractivity contribution in [3.05, 3.63) is 121 Å². The van der Waals surface area contributed by atoms with Crippen LogP contribution in [0.2, 0.25) is 0 Å². The third kappa shape index (κ3) is 3.37. The highest BCUT2D eigenvalue weighted by atomic mass is 16.5. The summed E-state index contributed by atoms with van der Waals surface area (Å²) < 4.78 is 10.5. The normalized spacial score (nSPS) is 11.4. The third-order valence-electron chi connectivity index (χ3n) is 7.53. The van der Waals surface area contributed by atoms with E-state index in [0.717, 1.165) is 49.1 Å². The third-order valence-corrected chi connectivity index (χ3v) is 7.53. The summed E-state index contributed by atoms with van der Waals surface area (Å²) in [6, 6.07) is 35.7. The molecule has 7 heteroatoms. The monoisotopic (exact) mass is 526 g/mol. The van der Waals surface area contributed by atoms with E-state index in [9.17, 15) is 10.5 Å². The molecule has 5 heterocycles. The lowest BCUT2D eigenvalue weighted by Crippen LogP contribution is -1.97. The largest absolute Gasteiger partial charge is 0.439 e. The van der Waals surface area contributed by atoms with Crippen molar-refractivity contribution in [3.63, 3.8) is 0 Å². The van der Waals surface area contributed by atoms with Gasteiger partial charge in [-0.1, -0.05) is 24.3 Å². The fraction of sp³-hybridized carbons (Fsp3) is 0. The van der Waals surface area contributed by atoms with Gasteiger partial charge in [0.2, 0.25) is 5.88 Å². The molecular formula is C34H18N6O. The van der Waals surface area contributed by atoms with Crippen LogP contribution >= 0.6 is 0 Å². The van der Waals surface area contributed by atoms with Crippen molar-refractivity contribution in [1.82, 2.24) is 18.9 Å². The van der Waals surface area contributed by atoms with Gasteiger partial charge in [-0.25, -0.2) is 9.97 Å². The number of hydrogen-bond donors (Lipinski definition) is 0. The minimum atomic E-state index is 0.320. The number of nitrogens with zero attached hydrogens (tertiary/aromatic N) is 6. The molecule has 0 aliphatic heterocycles. The van der Waals surface area contributed by atoms with Gasteiger partial charge in [0.25, 0.3) is 0 Å². The van der Waals surface area contributed by atoms with Gasteiger partial charge in [-0.3, -0.25) is 4.57 Å². The fourth-order valence-corrected chi connectivity index (χ4v) is 5.75. The van der Waals surface area contributed by atoms with Gasteiger partial charge < -0.3 is 9.14 Å². The first-order valence-electron chi connectivity index (χ1n) is 13.0. The number of para-hydroxylation sites is 1. The number of ether oxygens (including phenoxy) is 1. The summed E-state index contributed by atoms with van der Waals surface area (Å²) >= 11 is 0. The van der Waals surface area contributed by atoms with Gasteiger partial charge in [-0.15, -0.1) is 0 Å². The molecule has 8 aromatic rings. The van der Waals surface area contributed by atoms with Gasteiger partial charge in [-0.05, 0) is 60.7 Å². The summed E-state index contributed by atoms with van der Waals surface area (Å²) in [5, 5.41) is 23.3. The molecule has 5 aromatic heterocycles. The number of fused-ring (bicyclic) bond motifs is 9. The summed E-state index contributed by atoms with van der Waals surface area (Å²) in [6.45, 7) is 0. The smallest absolute Gasteiger partial charge is 0.219 e. The van der Waals surface area contributed by atoms with Crippen LogP contribution < -0.4 is 4.74 Å². The highest BCUT2D eigenvalue weighted by Gasteiger charge is 2.18. The molecule has 0 aliphatic rings. The number of rotatable bonds is 3. The predicted molar refractivity (Wildman–Crippen MR) is 158 cm³/mol. The first kappa shape index (κ1) is 22.8. The summed E-state index contributed by atoms with van der Waals surface area (Å²) in [7, 11) is 0. The lowest BCUT2D eigenvalue weighted by Gasteiger charge is -2.11. The Kier molecular flexibility index (Phi) is 4.82. The zero-order valence-corrected chi connectivity index (χ0v) is 21.5. The Balaban J connectivity index is 1.32. The van der Waals surface area contributed by atoms with Gasteiger partial charge in [-0.2, -0.15) is 10.5 Å². The highest BCUT2D eigenvalue weighted by Crippen LogP contribution is 2.37. The van der Waals surface area contributed by atoms with Crippen LogP contribution in [-0.4, -0.2) is 18.9 Å². The molecule has 0 radical (unpaired) electrons. The van der Waals surface area contributed by atoms with Crippen molar-refractivity contribution in [1.29, 1.82) is 10.5 Å². The zero-order valence-electron chi connectivity index (χ0n) is 21.5. The van der Waals surface area contributed by atoms with Crippen LogP contribution in [0.25, 0.3) is 54.9 Å². The number of nitriles is 2. The highest BCUT2D eigenvalue weighted by molar-refractivity contribution is 6.11. The average molecular weight is 527 g/mol. The van der Waals surface area contributed by atoms with Gasteiger partial charge >= 0.3 is 0 Å². The van der Waals surface area contributed by atoms with Crippen LogP contribution in [0.1, 0.15) is 11.1 Å². The van der Waals surface area contributed by atoms with E-state index in [1.54, 1.807) is 18.3 Å². The summed E-state index contributed by atoms with van der Waals surface area (Å²) in [5.41, 5.74) is 5.29. The standard InChI is InChI=1S/C34H18N6O/c35-19-21-16-27-25-11-10-23(18-31(25)40(30(27)17-22(21)20-36)32-9-3-4-14-37-32)41-33-13-12-26-24-6-1-2-7-28(24)39-15-5-8-29(39)34(26)38-33/h1-18H. The molecule has 0 saturated heterocycles. The fourth-order valence-electron chi connectivity index (χ4n) is 5.75. The molecular weight excluding hydrogens is 508 g/mol. The molecule has 0 saturated carbocycles. The van der Waals surface area contributed by atoms with Crippen LogP contribution in [0.3, 0.4) is 0 Å². The van der Waals surface area contributed by atoms with E-state index in [2.05, 4.69) is 45.8 Å². The lowest BCUT2D eigenvalue weighted by molar-refractivity contribution is 0.466. The second kappa shape index (κ2) is 8.67. The Morgan fingerprint density at radius 2 is 1.39 bits per heavy atom. The van der Waals surface area contributed by atoms with Crippen LogP contribution in [0.5, 0.6) is 11.6 Å². The van der Waals surface area contributed by atoms with Crippen molar-refractivity contribution in [2.75, 3.05) is 0 Å². The van der Waals surface area contributed by atoms with Crippen LogP contribution in [0.15, 0.2) is 109 Å². The predicted octanol–water partition coefficient (Wildman–Crippen LogP) is 7.67. The van der Waals surface area contributed by atoms with Crippen molar-refractivity contribution in [3.8, 4) is 29.6 Å². The molecule has 0 amide bonds. The SMILES string of the molecule is N#Cc1cc2c3ccc(Oc4ccc5c6ccccc6n6cccc6c5n4)cc3n(-c3ccccn3)c2cc1C#N. The van der Waals surface area contributed by atoms with Gasteiger partial charge in [0.05, 0.1) is 38.7 Å². The summed E-state index contributed by atoms with van der Waals surface area (Å²) in [6.07, 6.45) is 3.78.